The first-order valence-electron chi connectivity index (χ1n) is 9.12. The first-order chi connectivity index (χ1) is 12.5. The lowest BCUT2D eigenvalue weighted by Gasteiger charge is -2.28. The molecule has 1 heterocycles. The average molecular weight is 397 g/mol. The van der Waals surface area contributed by atoms with Gasteiger partial charge in [-0.25, -0.2) is 13.5 Å². The monoisotopic (exact) mass is 396 g/mol. The highest BCUT2D eigenvalue weighted by molar-refractivity contribution is 5.95. The third-order valence-corrected chi connectivity index (χ3v) is 5.62. The van der Waals surface area contributed by atoms with Crippen molar-refractivity contribution in [3.63, 3.8) is 0 Å². The molecular weight excluding hydrogens is 374 g/mol. The van der Waals surface area contributed by atoms with E-state index in [1.54, 1.807) is 4.68 Å². The lowest BCUT2D eigenvalue weighted by atomic mass is 9.97. The van der Waals surface area contributed by atoms with Gasteiger partial charge in [0.1, 0.15) is 0 Å². The molecule has 8 heteroatoms. The number of benzene rings is 1. The smallest absolute Gasteiger partial charge is 0.272 e. The normalized spacial score (nSPS) is 17.4. The van der Waals surface area contributed by atoms with Crippen LogP contribution >= 0.6 is 12.4 Å². The maximum absolute atomic E-state index is 13.6. The number of carbonyl (C=O) groups excluding carboxylic acids is 1. The lowest BCUT2D eigenvalue weighted by Crippen LogP contribution is -2.51. The van der Waals surface area contributed by atoms with Gasteiger partial charge >= 0.3 is 0 Å². The summed E-state index contributed by atoms with van der Waals surface area (Å²) in [5.41, 5.74) is 8.17. The molecule has 1 saturated carbocycles. The van der Waals surface area contributed by atoms with Crippen LogP contribution in [0.4, 0.5) is 8.78 Å². The second-order valence-electron chi connectivity index (χ2n) is 7.28. The first-order valence-corrected chi connectivity index (χ1v) is 9.12. The van der Waals surface area contributed by atoms with E-state index >= 15 is 0 Å². The SMILES string of the molecule is Cl.NCC1(NC(=O)c2nn(-c3ccc(F)c(F)c3)c3c2CCC3)CCCC1. The fourth-order valence-corrected chi connectivity index (χ4v) is 4.18. The molecule has 0 bridgehead atoms. The zero-order valence-corrected chi connectivity index (χ0v) is 15.7. The molecule has 0 aliphatic heterocycles. The van der Waals surface area contributed by atoms with Crippen molar-refractivity contribution in [2.75, 3.05) is 6.54 Å². The molecule has 27 heavy (non-hydrogen) atoms. The summed E-state index contributed by atoms with van der Waals surface area (Å²) < 4.78 is 28.5. The minimum atomic E-state index is -0.927. The van der Waals surface area contributed by atoms with Gasteiger partial charge in [-0.2, -0.15) is 5.10 Å². The van der Waals surface area contributed by atoms with Crippen molar-refractivity contribution in [3.05, 3.63) is 46.8 Å². The van der Waals surface area contributed by atoms with Crippen LogP contribution in [0.1, 0.15) is 53.8 Å². The number of hydrogen-bond acceptors (Lipinski definition) is 3. The first kappa shape index (κ1) is 19.8. The minimum Gasteiger partial charge on any atom is -0.344 e. The lowest BCUT2D eigenvalue weighted by molar-refractivity contribution is 0.0896. The van der Waals surface area contributed by atoms with Gasteiger partial charge in [-0.05, 0) is 44.2 Å². The zero-order chi connectivity index (χ0) is 18.3. The molecular formula is C19H23ClF2N4O. The minimum absolute atomic E-state index is 0. The standard InChI is InChI=1S/C19H22F2N4O.ClH/c20-14-7-6-12(10-15(14)21)25-16-5-3-4-13(16)17(24-25)18(26)23-19(11-22)8-1-2-9-19;/h6-7,10H,1-5,8-9,11,22H2,(H,23,26);1H. The molecule has 0 radical (unpaired) electrons. The topological polar surface area (TPSA) is 72.9 Å². The summed E-state index contributed by atoms with van der Waals surface area (Å²) in [5, 5.41) is 7.55. The Labute approximate surface area is 162 Å². The maximum atomic E-state index is 13.6. The number of hydrogen-bond donors (Lipinski definition) is 2. The average Bonchev–Trinajstić information content (AvgIpc) is 3.34. The van der Waals surface area contributed by atoms with E-state index in [2.05, 4.69) is 10.4 Å². The molecule has 1 amide bonds. The number of rotatable bonds is 4. The fraction of sp³-hybridized carbons (Fsp3) is 0.474. The Kier molecular flexibility index (Phi) is 5.53. The molecule has 1 aromatic heterocycles. The highest BCUT2D eigenvalue weighted by atomic mass is 35.5. The Balaban J connectivity index is 0.00000210. The van der Waals surface area contributed by atoms with Crippen molar-refractivity contribution in [3.8, 4) is 5.69 Å². The molecule has 0 saturated heterocycles. The van der Waals surface area contributed by atoms with Crippen molar-refractivity contribution in [2.24, 2.45) is 5.73 Å². The number of amides is 1. The van der Waals surface area contributed by atoms with E-state index in [1.807, 2.05) is 0 Å². The summed E-state index contributed by atoms with van der Waals surface area (Å²) in [5.74, 6) is -2.05. The third-order valence-electron chi connectivity index (χ3n) is 5.62. The van der Waals surface area contributed by atoms with Gasteiger partial charge in [0.05, 0.1) is 11.2 Å². The number of nitrogens with one attached hydrogen (secondary N) is 1. The summed E-state index contributed by atoms with van der Waals surface area (Å²) in [6, 6.07) is 3.67. The van der Waals surface area contributed by atoms with E-state index in [1.165, 1.54) is 6.07 Å². The molecule has 1 fully saturated rings. The van der Waals surface area contributed by atoms with Crippen molar-refractivity contribution in [2.45, 2.75) is 50.5 Å². The summed E-state index contributed by atoms with van der Waals surface area (Å²) in [6.07, 6.45) is 6.30. The van der Waals surface area contributed by atoms with Gasteiger partial charge in [0.2, 0.25) is 0 Å². The van der Waals surface area contributed by atoms with E-state index in [0.717, 1.165) is 68.3 Å². The van der Waals surface area contributed by atoms with E-state index < -0.39 is 11.6 Å². The van der Waals surface area contributed by atoms with E-state index in [9.17, 15) is 13.6 Å². The van der Waals surface area contributed by atoms with Crippen LogP contribution in [0, 0.1) is 11.6 Å². The van der Waals surface area contributed by atoms with Crippen LogP contribution in [0.15, 0.2) is 18.2 Å². The summed E-state index contributed by atoms with van der Waals surface area (Å²) in [4.78, 5) is 12.9. The Morgan fingerprint density at radius 1 is 1.19 bits per heavy atom. The van der Waals surface area contributed by atoms with Crippen molar-refractivity contribution >= 4 is 18.3 Å². The number of aromatic nitrogens is 2. The maximum Gasteiger partial charge on any atom is 0.272 e. The van der Waals surface area contributed by atoms with Crippen LogP contribution in [0.2, 0.25) is 0 Å². The van der Waals surface area contributed by atoms with Crippen LogP contribution in [-0.2, 0) is 12.8 Å². The number of fused-ring (bicyclic) bond motifs is 1. The largest absolute Gasteiger partial charge is 0.344 e. The Bertz CT molecular complexity index is 862. The molecule has 0 spiro atoms. The van der Waals surface area contributed by atoms with Crippen LogP contribution in [-0.4, -0.2) is 27.8 Å². The Hall–Kier alpha value is -1.99. The third kappa shape index (κ3) is 3.46. The molecule has 0 atom stereocenters. The summed E-state index contributed by atoms with van der Waals surface area (Å²) in [6.45, 7) is 0.408. The van der Waals surface area contributed by atoms with E-state index in [-0.39, 0.29) is 23.9 Å². The van der Waals surface area contributed by atoms with Gasteiger partial charge in [-0.1, -0.05) is 12.8 Å². The second kappa shape index (κ2) is 7.56. The predicted molar refractivity (Wildman–Crippen MR) is 100 cm³/mol. The van der Waals surface area contributed by atoms with Crippen molar-refractivity contribution < 1.29 is 13.6 Å². The fourth-order valence-electron chi connectivity index (χ4n) is 4.18. The Morgan fingerprint density at radius 2 is 1.93 bits per heavy atom. The van der Waals surface area contributed by atoms with Crippen LogP contribution in [0.5, 0.6) is 0 Å². The zero-order valence-electron chi connectivity index (χ0n) is 14.9. The molecule has 3 N–H and O–H groups in total. The molecule has 1 aromatic carbocycles. The molecule has 5 nitrogen and oxygen atoms in total. The molecule has 146 valence electrons. The van der Waals surface area contributed by atoms with Crippen molar-refractivity contribution in [1.82, 2.24) is 15.1 Å². The quantitative estimate of drug-likeness (QED) is 0.834. The number of nitrogens with zero attached hydrogens (tertiary/aromatic N) is 2. The van der Waals surface area contributed by atoms with Gasteiger partial charge in [-0.3, -0.25) is 4.79 Å². The molecule has 2 aromatic rings. The van der Waals surface area contributed by atoms with Crippen LogP contribution in [0.25, 0.3) is 5.69 Å². The summed E-state index contributed by atoms with van der Waals surface area (Å²) in [7, 11) is 0. The van der Waals surface area contributed by atoms with E-state index in [0.29, 0.717) is 17.9 Å². The van der Waals surface area contributed by atoms with Gasteiger partial charge in [-0.15, -0.1) is 12.4 Å². The highest BCUT2D eigenvalue weighted by Crippen LogP contribution is 2.31. The molecule has 4 rings (SSSR count). The molecule has 2 aliphatic carbocycles. The van der Waals surface area contributed by atoms with E-state index in [4.69, 9.17) is 5.73 Å². The van der Waals surface area contributed by atoms with Gasteiger partial charge in [0.15, 0.2) is 17.3 Å². The number of halogens is 3. The van der Waals surface area contributed by atoms with Crippen molar-refractivity contribution in [1.29, 1.82) is 0 Å². The predicted octanol–water partition coefficient (Wildman–Crippen LogP) is 3.06. The molecule has 0 unspecified atom stereocenters. The number of nitrogens with two attached hydrogens (primary N) is 1. The van der Waals surface area contributed by atoms with Gasteiger partial charge in [0.25, 0.3) is 5.91 Å². The van der Waals surface area contributed by atoms with Gasteiger partial charge in [0, 0.05) is 23.9 Å². The number of carbonyl (C=O) groups is 1. The Morgan fingerprint density at radius 3 is 2.59 bits per heavy atom. The van der Waals surface area contributed by atoms with Crippen LogP contribution in [0.3, 0.4) is 0 Å². The highest BCUT2D eigenvalue weighted by Gasteiger charge is 2.36. The second-order valence-corrected chi connectivity index (χ2v) is 7.28. The molecule has 2 aliphatic rings. The van der Waals surface area contributed by atoms with Crippen LogP contribution < -0.4 is 11.1 Å². The summed E-state index contributed by atoms with van der Waals surface area (Å²) >= 11 is 0. The van der Waals surface area contributed by atoms with Gasteiger partial charge < -0.3 is 11.1 Å².